The average Bonchev–Trinajstić information content (AvgIpc) is 1.95. The van der Waals surface area contributed by atoms with E-state index in [-0.39, 0.29) is 0 Å². The Morgan fingerprint density at radius 1 is 1.50 bits per heavy atom. The molecular weight excluding hydrogens is 146 g/mol. The number of hydrogen-bond acceptors (Lipinski definition) is 1. The maximum absolute atomic E-state index is 5.72. The van der Waals surface area contributed by atoms with E-state index in [1.807, 2.05) is 6.07 Å². The molecule has 0 saturated heterocycles. The van der Waals surface area contributed by atoms with Gasteiger partial charge in [-0.25, -0.2) is 0 Å². The summed E-state index contributed by atoms with van der Waals surface area (Å²) in [5, 5.41) is 0.581. The van der Waals surface area contributed by atoms with Gasteiger partial charge in [-0.1, -0.05) is 30.3 Å². The Hall–Kier alpha value is -0.950. The quantitative estimate of drug-likeness (QED) is 0.617. The molecule has 2 heteroatoms. The number of benzene rings is 1. The van der Waals surface area contributed by atoms with Crippen LogP contribution in [0.5, 0.6) is 0 Å². The Bertz CT molecular complexity index is 255. The van der Waals surface area contributed by atoms with E-state index in [0.717, 1.165) is 5.56 Å². The molecular formula is C8H8ClN. The highest BCUT2D eigenvalue weighted by atomic mass is 35.5. The van der Waals surface area contributed by atoms with Crippen LogP contribution in [0.3, 0.4) is 0 Å². The van der Waals surface area contributed by atoms with Gasteiger partial charge in [0, 0.05) is 0 Å². The van der Waals surface area contributed by atoms with Crippen LogP contribution in [0.4, 0.5) is 5.69 Å². The first-order valence-electron chi connectivity index (χ1n) is 2.91. The molecule has 1 aromatic carbocycles. The predicted octanol–water partition coefficient (Wildman–Crippen LogP) is 2.57. The molecule has 0 atom stereocenters. The minimum Gasteiger partial charge on any atom is -0.398 e. The Balaban J connectivity index is 3.16. The zero-order chi connectivity index (χ0) is 7.56. The SMILES string of the molecule is C=Cc1ccc(N)c(Cl)c1. The summed E-state index contributed by atoms with van der Waals surface area (Å²) >= 11 is 5.72. The molecule has 0 aliphatic rings. The third kappa shape index (κ3) is 1.31. The van der Waals surface area contributed by atoms with Crippen LogP contribution in [-0.2, 0) is 0 Å². The molecule has 1 rings (SSSR count). The van der Waals surface area contributed by atoms with E-state index in [1.165, 1.54) is 0 Å². The van der Waals surface area contributed by atoms with Gasteiger partial charge in [-0.05, 0) is 17.7 Å². The highest BCUT2D eigenvalue weighted by Gasteiger charge is 1.93. The van der Waals surface area contributed by atoms with E-state index in [9.17, 15) is 0 Å². The third-order valence-corrected chi connectivity index (χ3v) is 1.59. The monoisotopic (exact) mass is 153 g/mol. The number of anilines is 1. The van der Waals surface area contributed by atoms with Gasteiger partial charge in [0.1, 0.15) is 0 Å². The summed E-state index contributed by atoms with van der Waals surface area (Å²) in [5.41, 5.74) is 7.07. The maximum Gasteiger partial charge on any atom is 0.0641 e. The van der Waals surface area contributed by atoms with Crippen molar-refractivity contribution in [2.45, 2.75) is 0 Å². The van der Waals surface area contributed by atoms with Gasteiger partial charge in [0.25, 0.3) is 0 Å². The molecule has 1 aromatic rings. The number of hydrogen-bond donors (Lipinski definition) is 1. The van der Waals surface area contributed by atoms with Crippen LogP contribution in [0.15, 0.2) is 24.8 Å². The number of rotatable bonds is 1. The lowest BCUT2D eigenvalue weighted by atomic mass is 10.2. The van der Waals surface area contributed by atoms with E-state index < -0.39 is 0 Å². The van der Waals surface area contributed by atoms with Gasteiger partial charge in [0.05, 0.1) is 10.7 Å². The number of nitrogen functional groups attached to an aromatic ring is 1. The second-order valence-electron chi connectivity index (χ2n) is 1.99. The third-order valence-electron chi connectivity index (χ3n) is 1.26. The number of halogens is 1. The second kappa shape index (κ2) is 2.76. The van der Waals surface area contributed by atoms with Crippen molar-refractivity contribution in [3.05, 3.63) is 35.4 Å². The summed E-state index contributed by atoms with van der Waals surface area (Å²) in [6.07, 6.45) is 1.73. The minimum absolute atomic E-state index is 0.581. The topological polar surface area (TPSA) is 26.0 Å². The summed E-state index contributed by atoms with van der Waals surface area (Å²) in [5.74, 6) is 0. The van der Waals surface area contributed by atoms with E-state index in [2.05, 4.69) is 6.58 Å². The van der Waals surface area contributed by atoms with Crippen molar-refractivity contribution in [1.29, 1.82) is 0 Å². The summed E-state index contributed by atoms with van der Waals surface area (Å²) in [6.45, 7) is 3.60. The van der Waals surface area contributed by atoms with Crippen LogP contribution >= 0.6 is 11.6 Å². The molecule has 0 spiro atoms. The van der Waals surface area contributed by atoms with Crippen LogP contribution in [0.2, 0.25) is 5.02 Å². The van der Waals surface area contributed by atoms with Crippen LogP contribution in [-0.4, -0.2) is 0 Å². The minimum atomic E-state index is 0.581. The second-order valence-corrected chi connectivity index (χ2v) is 2.39. The van der Waals surface area contributed by atoms with Gasteiger partial charge in [0.15, 0.2) is 0 Å². The van der Waals surface area contributed by atoms with Crippen LogP contribution in [0.25, 0.3) is 6.08 Å². The molecule has 0 unspecified atom stereocenters. The molecule has 0 fully saturated rings. The Morgan fingerprint density at radius 3 is 2.70 bits per heavy atom. The van der Waals surface area contributed by atoms with Crippen LogP contribution in [0.1, 0.15) is 5.56 Å². The first-order valence-corrected chi connectivity index (χ1v) is 3.29. The smallest absolute Gasteiger partial charge is 0.0641 e. The molecule has 0 aliphatic heterocycles. The van der Waals surface area contributed by atoms with Crippen molar-refractivity contribution >= 4 is 23.4 Å². The lowest BCUT2D eigenvalue weighted by Gasteiger charge is -1.97. The molecule has 52 valence electrons. The van der Waals surface area contributed by atoms with Crippen molar-refractivity contribution in [2.75, 3.05) is 5.73 Å². The summed E-state index contributed by atoms with van der Waals surface area (Å²) in [7, 11) is 0. The average molecular weight is 154 g/mol. The first-order chi connectivity index (χ1) is 4.74. The Morgan fingerprint density at radius 2 is 2.20 bits per heavy atom. The van der Waals surface area contributed by atoms with Gasteiger partial charge in [0.2, 0.25) is 0 Å². The lowest BCUT2D eigenvalue weighted by Crippen LogP contribution is -1.85. The van der Waals surface area contributed by atoms with Crippen molar-refractivity contribution in [2.24, 2.45) is 0 Å². The van der Waals surface area contributed by atoms with Gasteiger partial charge in [-0.3, -0.25) is 0 Å². The van der Waals surface area contributed by atoms with E-state index in [4.69, 9.17) is 17.3 Å². The van der Waals surface area contributed by atoms with E-state index in [1.54, 1.807) is 18.2 Å². The maximum atomic E-state index is 5.72. The molecule has 0 aliphatic carbocycles. The number of nitrogens with two attached hydrogens (primary N) is 1. The fourth-order valence-electron chi connectivity index (χ4n) is 0.670. The lowest BCUT2D eigenvalue weighted by molar-refractivity contribution is 1.65. The summed E-state index contributed by atoms with van der Waals surface area (Å²) in [4.78, 5) is 0. The van der Waals surface area contributed by atoms with Gasteiger partial charge in [-0.15, -0.1) is 0 Å². The van der Waals surface area contributed by atoms with Crippen molar-refractivity contribution < 1.29 is 0 Å². The predicted molar refractivity (Wildman–Crippen MR) is 46.0 cm³/mol. The molecule has 0 amide bonds. The normalized spacial score (nSPS) is 9.30. The molecule has 0 radical (unpaired) electrons. The van der Waals surface area contributed by atoms with Crippen molar-refractivity contribution in [3.8, 4) is 0 Å². The molecule has 0 saturated carbocycles. The molecule has 2 N–H and O–H groups in total. The van der Waals surface area contributed by atoms with Crippen molar-refractivity contribution in [1.82, 2.24) is 0 Å². The zero-order valence-electron chi connectivity index (χ0n) is 5.47. The van der Waals surface area contributed by atoms with E-state index in [0.29, 0.717) is 10.7 Å². The van der Waals surface area contributed by atoms with Crippen LogP contribution in [0, 0.1) is 0 Å². The molecule has 0 heterocycles. The standard InChI is InChI=1S/C8H8ClN/c1-2-6-3-4-8(10)7(9)5-6/h2-5H,1,10H2. The van der Waals surface area contributed by atoms with Gasteiger partial charge < -0.3 is 5.73 Å². The fourth-order valence-corrected chi connectivity index (χ4v) is 0.859. The van der Waals surface area contributed by atoms with Gasteiger partial charge in [-0.2, -0.15) is 0 Å². The highest BCUT2D eigenvalue weighted by molar-refractivity contribution is 6.33. The van der Waals surface area contributed by atoms with E-state index >= 15 is 0 Å². The first kappa shape index (κ1) is 7.16. The highest BCUT2D eigenvalue weighted by Crippen LogP contribution is 2.19. The molecule has 0 bridgehead atoms. The fraction of sp³-hybridized carbons (Fsp3) is 0. The zero-order valence-corrected chi connectivity index (χ0v) is 6.23. The summed E-state index contributed by atoms with van der Waals surface area (Å²) < 4.78 is 0. The molecule has 0 aromatic heterocycles. The van der Waals surface area contributed by atoms with Crippen molar-refractivity contribution in [3.63, 3.8) is 0 Å². The Kier molecular flexibility index (Phi) is 1.97. The molecule has 10 heavy (non-hydrogen) atoms. The summed E-state index contributed by atoms with van der Waals surface area (Å²) in [6, 6.07) is 5.41. The van der Waals surface area contributed by atoms with Crippen LogP contribution < -0.4 is 5.73 Å². The van der Waals surface area contributed by atoms with Gasteiger partial charge >= 0.3 is 0 Å². The largest absolute Gasteiger partial charge is 0.398 e. The molecule has 1 nitrogen and oxygen atoms in total. The Labute approximate surface area is 65.1 Å².